The van der Waals surface area contributed by atoms with E-state index in [-0.39, 0.29) is 18.2 Å². The first-order chi connectivity index (χ1) is 13.6. The second kappa shape index (κ2) is 9.54. The predicted molar refractivity (Wildman–Crippen MR) is 112 cm³/mol. The zero-order valence-electron chi connectivity index (χ0n) is 16.5. The lowest BCUT2D eigenvalue weighted by atomic mass is 9.83. The molecule has 4 heteroatoms. The SMILES string of the molecule is CCc1ccc(C(C(=O)Nc2cccc(CCC(=O)O)c2)C2CCCC2)cc1. The average molecular weight is 380 g/mol. The van der Waals surface area contributed by atoms with Crippen molar-refractivity contribution < 1.29 is 14.7 Å². The summed E-state index contributed by atoms with van der Waals surface area (Å²) in [6.07, 6.45) is 6.09. The Morgan fingerprint density at radius 2 is 1.79 bits per heavy atom. The predicted octanol–water partition coefficient (Wildman–Crippen LogP) is 5.18. The molecule has 0 saturated heterocycles. The number of aryl methyl sites for hydroxylation is 2. The Kier molecular flexibility index (Phi) is 6.85. The molecular formula is C24H29NO3. The number of anilines is 1. The van der Waals surface area contributed by atoms with Crippen LogP contribution in [0.3, 0.4) is 0 Å². The van der Waals surface area contributed by atoms with E-state index in [2.05, 4.69) is 36.5 Å². The van der Waals surface area contributed by atoms with Gasteiger partial charge in [0.1, 0.15) is 0 Å². The highest BCUT2D eigenvalue weighted by molar-refractivity contribution is 5.96. The molecule has 0 aliphatic heterocycles. The maximum atomic E-state index is 13.2. The van der Waals surface area contributed by atoms with Crippen molar-refractivity contribution in [2.75, 3.05) is 5.32 Å². The van der Waals surface area contributed by atoms with Crippen molar-refractivity contribution in [2.45, 2.75) is 57.8 Å². The van der Waals surface area contributed by atoms with Gasteiger partial charge in [0.15, 0.2) is 0 Å². The Labute approximate surface area is 167 Å². The summed E-state index contributed by atoms with van der Waals surface area (Å²) in [6, 6.07) is 16.0. The van der Waals surface area contributed by atoms with Crippen molar-refractivity contribution in [3.05, 3.63) is 65.2 Å². The molecule has 0 radical (unpaired) electrons. The molecule has 2 aromatic carbocycles. The fourth-order valence-electron chi connectivity index (χ4n) is 4.16. The smallest absolute Gasteiger partial charge is 0.303 e. The molecule has 1 amide bonds. The third kappa shape index (κ3) is 5.22. The van der Waals surface area contributed by atoms with E-state index in [9.17, 15) is 9.59 Å². The third-order valence-electron chi connectivity index (χ3n) is 5.72. The van der Waals surface area contributed by atoms with Gasteiger partial charge in [-0.15, -0.1) is 0 Å². The molecule has 3 rings (SSSR count). The van der Waals surface area contributed by atoms with Gasteiger partial charge in [-0.2, -0.15) is 0 Å². The van der Waals surface area contributed by atoms with Crippen LogP contribution < -0.4 is 5.32 Å². The molecule has 0 bridgehead atoms. The van der Waals surface area contributed by atoms with Crippen LogP contribution >= 0.6 is 0 Å². The Morgan fingerprint density at radius 1 is 1.07 bits per heavy atom. The third-order valence-corrected chi connectivity index (χ3v) is 5.72. The monoisotopic (exact) mass is 379 g/mol. The molecule has 0 heterocycles. The number of carboxylic acids is 1. The fourth-order valence-corrected chi connectivity index (χ4v) is 4.16. The van der Waals surface area contributed by atoms with Crippen molar-refractivity contribution in [2.24, 2.45) is 5.92 Å². The summed E-state index contributed by atoms with van der Waals surface area (Å²) < 4.78 is 0. The minimum atomic E-state index is -0.814. The van der Waals surface area contributed by atoms with Crippen molar-refractivity contribution in [1.82, 2.24) is 0 Å². The standard InChI is InChI=1S/C24H29NO3/c1-2-17-10-13-20(14-11-17)23(19-7-3-4-8-19)24(28)25-21-9-5-6-18(16-21)12-15-22(26)27/h5-6,9-11,13-14,16,19,23H,2-4,7-8,12,15H2,1H3,(H,25,28)(H,26,27). The van der Waals surface area contributed by atoms with Crippen LogP contribution in [0.15, 0.2) is 48.5 Å². The van der Waals surface area contributed by atoms with Gasteiger partial charge in [0.2, 0.25) is 5.91 Å². The van der Waals surface area contributed by atoms with E-state index < -0.39 is 5.97 Å². The van der Waals surface area contributed by atoms with Crippen molar-refractivity contribution in [3.63, 3.8) is 0 Å². The highest BCUT2D eigenvalue weighted by Crippen LogP contribution is 2.38. The molecule has 1 unspecified atom stereocenters. The summed E-state index contributed by atoms with van der Waals surface area (Å²) in [6.45, 7) is 2.13. The summed E-state index contributed by atoms with van der Waals surface area (Å²) in [5.41, 5.74) is 4.02. The van der Waals surface area contributed by atoms with Crippen molar-refractivity contribution in [3.8, 4) is 0 Å². The topological polar surface area (TPSA) is 66.4 Å². The Hall–Kier alpha value is -2.62. The van der Waals surface area contributed by atoms with E-state index >= 15 is 0 Å². The molecule has 148 valence electrons. The molecule has 1 atom stereocenters. The van der Waals surface area contributed by atoms with Crippen LogP contribution in [0.5, 0.6) is 0 Å². The van der Waals surface area contributed by atoms with Crippen LogP contribution in [0.25, 0.3) is 0 Å². The van der Waals surface area contributed by atoms with Gasteiger partial charge in [0, 0.05) is 12.1 Å². The highest BCUT2D eigenvalue weighted by Gasteiger charge is 2.32. The maximum Gasteiger partial charge on any atom is 0.303 e. The number of amides is 1. The average Bonchev–Trinajstić information content (AvgIpc) is 3.21. The van der Waals surface area contributed by atoms with E-state index in [4.69, 9.17) is 5.11 Å². The number of hydrogen-bond acceptors (Lipinski definition) is 2. The van der Waals surface area contributed by atoms with Crippen molar-refractivity contribution in [1.29, 1.82) is 0 Å². The number of aliphatic carboxylic acids is 1. The molecule has 0 spiro atoms. The molecule has 1 fully saturated rings. The van der Waals surface area contributed by atoms with Crippen LogP contribution in [0.2, 0.25) is 0 Å². The first-order valence-corrected chi connectivity index (χ1v) is 10.3. The van der Waals surface area contributed by atoms with Gasteiger partial charge in [-0.1, -0.05) is 56.2 Å². The second-order valence-electron chi connectivity index (χ2n) is 7.70. The van der Waals surface area contributed by atoms with Crippen LogP contribution in [0.4, 0.5) is 5.69 Å². The van der Waals surface area contributed by atoms with Gasteiger partial charge >= 0.3 is 5.97 Å². The van der Waals surface area contributed by atoms with Gasteiger partial charge in [0.05, 0.1) is 5.92 Å². The van der Waals surface area contributed by atoms with Gasteiger partial charge in [-0.3, -0.25) is 9.59 Å². The van der Waals surface area contributed by atoms with E-state index in [0.29, 0.717) is 12.3 Å². The number of rotatable bonds is 8. The van der Waals surface area contributed by atoms with Crippen LogP contribution in [0, 0.1) is 5.92 Å². The number of carbonyl (C=O) groups excluding carboxylic acids is 1. The lowest BCUT2D eigenvalue weighted by Crippen LogP contribution is -2.26. The molecule has 0 aromatic heterocycles. The van der Waals surface area contributed by atoms with Gasteiger partial charge in [-0.25, -0.2) is 0 Å². The minimum Gasteiger partial charge on any atom is -0.481 e. The lowest BCUT2D eigenvalue weighted by molar-refractivity contribution is -0.137. The van der Waals surface area contributed by atoms with E-state index in [1.807, 2.05) is 24.3 Å². The largest absolute Gasteiger partial charge is 0.481 e. The second-order valence-corrected chi connectivity index (χ2v) is 7.70. The first kappa shape index (κ1) is 20.1. The van der Waals surface area contributed by atoms with E-state index in [1.54, 1.807) is 0 Å². The summed E-state index contributed by atoms with van der Waals surface area (Å²) in [5, 5.41) is 12.0. The maximum absolute atomic E-state index is 13.2. The van der Waals surface area contributed by atoms with E-state index in [0.717, 1.165) is 36.1 Å². The molecule has 1 saturated carbocycles. The molecule has 1 aliphatic carbocycles. The summed E-state index contributed by atoms with van der Waals surface area (Å²) in [4.78, 5) is 24.0. The van der Waals surface area contributed by atoms with Gasteiger partial charge in [-0.05, 0) is 60.4 Å². The number of carboxylic acid groups (broad SMARTS) is 1. The summed E-state index contributed by atoms with van der Waals surface area (Å²) >= 11 is 0. The zero-order chi connectivity index (χ0) is 19.9. The molecule has 2 N–H and O–H groups in total. The highest BCUT2D eigenvalue weighted by atomic mass is 16.4. The van der Waals surface area contributed by atoms with Crippen molar-refractivity contribution >= 4 is 17.6 Å². The van der Waals surface area contributed by atoms with Gasteiger partial charge in [0.25, 0.3) is 0 Å². The minimum absolute atomic E-state index is 0.0338. The zero-order valence-corrected chi connectivity index (χ0v) is 16.5. The molecule has 4 nitrogen and oxygen atoms in total. The number of benzene rings is 2. The number of hydrogen-bond donors (Lipinski definition) is 2. The number of nitrogens with one attached hydrogen (secondary N) is 1. The van der Waals surface area contributed by atoms with Crippen LogP contribution in [-0.4, -0.2) is 17.0 Å². The first-order valence-electron chi connectivity index (χ1n) is 10.3. The molecule has 1 aliphatic rings. The Morgan fingerprint density at radius 3 is 2.43 bits per heavy atom. The fraction of sp³-hybridized carbons (Fsp3) is 0.417. The Bertz CT molecular complexity index is 807. The van der Waals surface area contributed by atoms with Crippen LogP contribution in [-0.2, 0) is 22.4 Å². The van der Waals surface area contributed by atoms with Crippen LogP contribution in [0.1, 0.15) is 61.6 Å². The summed E-state index contributed by atoms with van der Waals surface area (Å²) in [5.74, 6) is -0.545. The molecule has 28 heavy (non-hydrogen) atoms. The Balaban J connectivity index is 1.77. The lowest BCUT2D eigenvalue weighted by Gasteiger charge is -2.23. The number of carbonyl (C=O) groups is 2. The quantitative estimate of drug-likeness (QED) is 0.664. The van der Waals surface area contributed by atoms with E-state index in [1.165, 1.54) is 18.4 Å². The van der Waals surface area contributed by atoms with Gasteiger partial charge < -0.3 is 10.4 Å². The molecular weight excluding hydrogens is 350 g/mol. The normalized spacial score (nSPS) is 15.3. The molecule has 2 aromatic rings. The summed E-state index contributed by atoms with van der Waals surface area (Å²) in [7, 11) is 0.